The van der Waals surface area contributed by atoms with E-state index in [0.717, 1.165) is 15.3 Å². The molecule has 2 heterocycles. The van der Waals surface area contributed by atoms with E-state index in [4.69, 9.17) is 4.74 Å². The Bertz CT molecular complexity index is 1200. The Morgan fingerprint density at radius 2 is 1.82 bits per heavy atom. The number of nitrogens with one attached hydrogen (secondary N) is 1. The fraction of sp³-hybridized carbons (Fsp3) is 0.240. The van der Waals surface area contributed by atoms with Gasteiger partial charge in [-0.05, 0) is 42.1 Å². The SMILES string of the molecule is COc1ccccc1CN(Cc1cccs1)C(=O)CN1C(=O)NC(C)(c2ccc(F)cc2)C1=O. The van der Waals surface area contributed by atoms with Crippen LogP contribution in [0.3, 0.4) is 0 Å². The predicted octanol–water partition coefficient (Wildman–Crippen LogP) is 3.89. The first-order valence-corrected chi connectivity index (χ1v) is 11.5. The molecule has 0 aliphatic carbocycles. The quantitative estimate of drug-likeness (QED) is 0.495. The summed E-state index contributed by atoms with van der Waals surface area (Å²) in [5.74, 6) is -0.751. The van der Waals surface area contributed by atoms with Crippen molar-refractivity contribution in [1.29, 1.82) is 0 Å². The number of nitrogens with zero attached hydrogens (tertiary/aromatic N) is 2. The number of imide groups is 1. The van der Waals surface area contributed by atoms with E-state index in [-0.39, 0.29) is 12.5 Å². The normalized spacial score (nSPS) is 17.6. The van der Waals surface area contributed by atoms with Gasteiger partial charge in [0, 0.05) is 17.0 Å². The van der Waals surface area contributed by atoms with Crippen molar-refractivity contribution >= 4 is 29.2 Å². The molecule has 1 saturated heterocycles. The van der Waals surface area contributed by atoms with Gasteiger partial charge >= 0.3 is 6.03 Å². The molecule has 0 bridgehead atoms. The van der Waals surface area contributed by atoms with Crippen LogP contribution in [0.25, 0.3) is 0 Å². The molecule has 1 fully saturated rings. The Morgan fingerprint density at radius 1 is 1.09 bits per heavy atom. The van der Waals surface area contributed by atoms with Crippen molar-refractivity contribution in [1.82, 2.24) is 15.1 Å². The summed E-state index contributed by atoms with van der Waals surface area (Å²) >= 11 is 1.52. The minimum Gasteiger partial charge on any atom is -0.496 e. The third-order valence-corrected chi connectivity index (χ3v) is 6.68. The van der Waals surface area contributed by atoms with Crippen molar-refractivity contribution in [3.05, 3.63) is 87.9 Å². The Kier molecular flexibility index (Phi) is 6.65. The highest BCUT2D eigenvalue weighted by Crippen LogP contribution is 2.29. The van der Waals surface area contributed by atoms with E-state index in [2.05, 4.69) is 5.32 Å². The second kappa shape index (κ2) is 9.64. The van der Waals surface area contributed by atoms with E-state index in [9.17, 15) is 18.8 Å². The molecule has 7 nitrogen and oxygen atoms in total. The first-order valence-electron chi connectivity index (χ1n) is 10.6. The maximum Gasteiger partial charge on any atom is 0.325 e. The number of rotatable bonds is 8. The van der Waals surface area contributed by atoms with Gasteiger partial charge in [0.1, 0.15) is 23.7 Å². The molecule has 1 unspecified atom stereocenters. The molecule has 9 heteroatoms. The molecule has 0 radical (unpaired) electrons. The number of ether oxygens (including phenoxy) is 1. The molecule has 3 aromatic rings. The number of hydrogen-bond donors (Lipinski definition) is 1. The largest absolute Gasteiger partial charge is 0.496 e. The van der Waals surface area contributed by atoms with Crippen LogP contribution in [-0.4, -0.2) is 41.3 Å². The number of hydrogen-bond acceptors (Lipinski definition) is 5. The summed E-state index contributed by atoms with van der Waals surface area (Å²) in [5.41, 5.74) is -0.137. The molecule has 0 saturated carbocycles. The van der Waals surface area contributed by atoms with E-state index in [1.807, 2.05) is 41.8 Å². The number of para-hydroxylation sites is 1. The Balaban J connectivity index is 1.56. The van der Waals surface area contributed by atoms with Gasteiger partial charge < -0.3 is 15.0 Å². The van der Waals surface area contributed by atoms with Gasteiger partial charge in [-0.1, -0.05) is 36.4 Å². The number of amides is 4. The van der Waals surface area contributed by atoms with Crippen molar-refractivity contribution in [3.8, 4) is 5.75 Å². The molecule has 2 aromatic carbocycles. The molecular formula is C25H24FN3O4S. The van der Waals surface area contributed by atoms with E-state index in [1.165, 1.54) is 35.6 Å². The van der Waals surface area contributed by atoms with E-state index < -0.39 is 29.8 Å². The van der Waals surface area contributed by atoms with Gasteiger partial charge in [-0.15, -0.1) is 11.3 Å². The van der Waals surface area contributed by atoms with Crippen LogP contribution in [0.5, 0.6) is 5.75 Å². The Morgan fingerprint density at radius 3 is 2.50 bits per heavy atom. The molecule has 0 spiro atoms. The summed E-state index contributed by atoms with van der Waals surface area (Å²) in [6, 6.07) is 15.9. The predicted molar refractivity (Wildman–Crippen MR) is 126 cm³/mol. The fourth-order valence-electron chi connectivity index (χ4n) is 3.92. The molecule has 176 valence electrons. The summed E-state index contributed by atoms with van der Waals surface area (Å²) in [7, 11) is 1.56. The molecule has 4 amide bonds. The number of methoxy groups -OCH3 is 1. The summed E-state index contributed by atoms with van der Waals surface area (Å²) in [4.78, 5) is 42.8. The number of benzene rings is 2. The zero-order valence-corrected chi connectivity index (χ0v) is 19.6. The average Bonchev–Trinajstić information content (AvgIpc) is 3.42. The van der Waals surface area contributed by atoms with Gasteiger partial charge in [-0.25, -0.2) is 9.18 Å². The maximum atomic E-state index is 13.4. The second-order valence-corrected chi connectivity index (χ2v) is 9.13. The first-order chi connectivity index (χ1) is 16.3. The molecule has 1 aliphatic rings. The van der Waals surface area contributed by atoms with Crippen LogP contribution in [-0.2, 0) is 28.2 Å². The van der Waals surface area contributed by atoms with Gasteiger partial charge in [-0.2, -0.15) is 0 Å². The maximum absolute atomic E-state index is 13.4. The summed E-state index contributed by atoms with van der Waals surface area (Å²) in [6.07, 6.45) is 0. The van der Waals surface area contributed by atoms with Gasteiger partial charge in [-0.3, -0.25) is 14.5 Å². The van der Waals surface area contributed by atoms with Crippen LogP contribution >= 0.6 is 11.3 Å². The van der Waals surface area contributed by atoms with E-state index in [1.54, 1.807) is 18.9 Å². The lowest BCUT2D eigenvalue weighted by molar-refractivity contribution is -0.139. The standard InChI is InChI=1S/C25H24FN3O4S/c1-25(18-9-11-19(26)12-10-18)23(31)29(24(32)27-25)16-22(30)28(15-20-7-5-13-34-20)14-17-6-3-4-8-21(17)33-2/h3-13H,14-16H2,1-2H3,(H,27,32). The third kappa shape index (κ3) is 4.65. The number of urea groups is 1. The van der Waals surface area contributed by atoms with Crippen molar-refractivity contribution < 1.29 is 23.5 Å². The number of thiophene rings is 1. The van der Waals surface area contributed by atoms with Gasteiger partial charge in [0.2, 0.25) is 5.91 Å². The van der Waals surface area contributed by atoms with E-state index in [0.29, 0.717) is 17.9 Å². The zero-order chi connectivity index (χ0) is 24.3. The Hall–Kier alpha value is -3.72. The third-order valence-electron chi connectivity index (χ3n) is 5.82. The van der Waals surface area contributed by atoms with Crippen molar-refractivity contribution in [3.63, 3.8) is 0 Å². The monoisotopic (exact) mass is 481 g/mol. The number of carbonyl (C=O) groups excluding carboxylic acids is 3. The molecular weight excluding hydrogens is 457 g/mol. The first kappa shape index (κ1) is 23.4. The van der Waals surface area contributed by atoms with Crippen molar-refractivity contribution in [2.24, 2.45) is 0 Å². The minimum atomic E-state index is -1.38. The van der Waals surface area contributed by atoms with Crippen LogP contribution in [0.2, 0.25) is 0 Å². The molecule has 1 aromatic heterocycles. The fourth-order valence-corrected chi connectivity index (χ4v) is 4.64. The van der Waals surface area contributed by atoms with Gasteiger partial charge in [0.15, 0.2) is 0 Å². The van der Waals surface area contributed by atoms with Crippen LogP contribution in [0.15, 0.2) is 66.0 Å². The highest BCUT2D eigenvalue weighted by atomic mass is 32.1. The van der Waals surface area contributed by atoms with Gasteiger partial charge in [0.25, 0.3) is 5.91 Å². The number of carbonyl (C=O) groups is 3. The summed E-state index contributed by atoms with van der Waals surface area (Å²) < 4.78 is 18.8. The van der Waals surface area contributed by atoms with Crippen LogP contribution < -0.4 is 10.1 Å². The molecule has 1 N–H and O–H groups in total. The van der Waals surface area contributed by atoms with Crippen LogP contribution in [0.4, 0.5) is 9.18 Å². The van der Waals surface area contributed by atoms with Gasteiger partial charge in [0.05, 0.1) is 13.7 Å². The topological polar surface area (TPSA) is 79.0 Å². The zero-order valence-electron chi connectivity index (χ0n) is 18.8. The lowest BCUT2D eigenvalue weighted by Crippen LogP contribution is -2.44. The molecule has 1 aliphatic heterocycles. The molecule has 4 rings (SSSR count). The second-order valence-electron chi connectivity index (χ2n) is 8.09. The average molecular weight is 482 g/mol. The molecule has 1 atom stereocenters. The highest BCUT2D eigenvalue weighted by molar-refractivity contribution is 7.09. The summed E-state index contributed by atoms with van der Waals surface area (Å²) in [5, 5.41) is 4.57. The van der Waals surface area contributed by atoms with Crippen molar-refractivity contribution in [2.45, 2.75) is 25.6 Å². The smallest absolute Gasteiger partial charge is 0.325 e. The lowest BCUT2D eigenvalue weighted by atomic mass is 9.92. The minimum absolute atomic E-state index is 0.250. The number of halogens is 1. The van der Waals surface area contributed by atoms with Crippen LogP contribution in [0.1, 0.15) is 22.9 Å². The Labute approximate surface area is 200 Å². The summed E-state index contributed by atoms with van der Waals surface area (Å²) in [6.45, 7) is 1.71. The lowest BCUT2D eigenvalue weighted by Gasteiger charge is -2.26. The highest BCUT2D eigenvalue weighted by Gasteiger charge is 2.49. The van der Waals surface area contributed by atoms with Crippen molar-refractivity contribution in [2.75, 3.05) is 13.7 Å². The van der Waals surface area contributed by atoms with E-state index >= 15 is 0 Å². The molecule has 34 heavy (non-hydrogen) atoms. The van der Waals surface area contributed by atoms with Crippen LogP contribution in [0, 0.1) is 5.82 Å².